The number of nitrogens with zero attached hydrogens (tertiary/aromatic N) is 1. The van der Waals surface area contributed by atoms with Crippen molar-refractivity contribution in [3.8, 4) is 0 Å². The van der Waals surface area contributed by atoms with Gasteiger partial charge in [-0.2, -0.15) is 0 Å². The minimum Gasteiger partial charge on any atom is -0.466 e. The van der Waals surface area contributed by atoms with E-state index in [1.807, 2.05) is 31.7 Å². The molecule has 0 aliphatic carbocycles. The van der Waals surface area contributed by atoms with Crippen molar-refractivity contribution in [2.75, 3.05) is 33.4 Å². The highest BCUT2D eigenvalue weighted by Gasteiger charge is 2.29. The molecule has 1 unspecified atom stereocenters. The molecule has 0 saturated carbocycles. The number of morpholine rings is 1. The third-order valence-corrected chi connectivity index (χ3v) is 3.37. The van der Waals surface area contributed by atoms with Gasteiger partial charge in [-0.1, -0.05) is 13.0 Å². The minimum atomic E-state index is -0.312. The molecule has 6 nitrogen and oxygen atoms in total. The van der Waals surface area contributed by atoms with E-state index >= 15 is 0 Å². The topological polar surface area (TPSA) is 67.9 Å². The quantitative estimate of drug-likeness (QED) is 0.578. The summed E-state index contributed by atoms with van der Waals surface area (Å²) in [7, 11) is 1.37. The van der Waals surface area contributed by atoms with Crippen LogP contribution in [0.5, 0.6) is 0 Å². The van der Waals surface area contributed by atoms with E-state index in [4.69, 9.17) is 9.47 Å². The Morgan fingerprint density at radius 2 is 2.19 bits per heavy atom. The third-order valence-electron chi connectivity index (χ3n) is 3.37. The molecule has 0 aromatic rings. The Morgan fingerprint density at radius 3 is 2.76 bits per heavy atom. The minimum absolute atomic E-state index is 0.0331. The molecule has 0 radical (unpaired) electrons. The van der Waals surface area contributed by atoms with Crippen LogP contribution in [0, 0.1) is 0 Å². The van der Waals surface area contributed by atoms with E-state index in [1.54, 1.807) is 0 Å². The zero-order valence-electron chi connectivity index (χ0n) is 13.3. The lowest BCUT2D eigenvalue weighted by Crippen LogP contribution is -2.54. The molecular formula is C15H26N2O4. The Labute approximate surface area is 126 Å². The Bertz CT molecular complexity index is 393. The van der Waals surface area contributed by atoms with Crippen LogP contribution in [0.25, 0.3) is 0 Å². The van der Waals surface area contributed by atoms with Crippen molar-refractivity contribution < 1.29 is 19.1 Å². The van der Waals surface area contributed by atoms with E-state index in [2.05, 4.69) is 5.32 Å². The van der Waals surface area contributed by atoms with Gasteiger partial charge in [-0.05, 0) is 20.3 Å². The van der Waals surface area contributed by atoms with Crippen molar-refractivity contribution >= 4 is 11.9 Å². The molecule has 21 heavy (non-hydrogen) atoms. The summed E-state index contributed by atoms with van der Waals surface area (Å²) in [5.41, 5.74) is 0.631. The van der Waals surface area contributed by atoms with Crippen LogP contribution in [-0.2, 0) is 19.1 Å². The Balaban J connectivity index is 2.71. The smallest absolute Gasteiger partial charge is 0.333 e. The van der Waals surface area contributed by atoms with Crippen molar-refractivity contribution in [1.82, 2.24) is 10.2 Å². The number of carbonyl (C=O) groups is 2. The molecular weight excluding hydrogens is 272 g/mol. The second-order valence-corrected chi connectivity index (χ2v) is 5.32. The van der Waals surface area contributed by atoms with Crippen molar-refractivity contribution in [3.63, 3.8) is 0 Å². The largest absolute Gasteiger partial charge is 0.466 e. The van der Waals surface area contributed by atoms with E-state index in [-0.39, 0.29) is 24.0 Å². The van der Waals surface area contributed by atoms with Crippen LogP contribution in [0.15, 0.2) is 11.6 Å². The van der Waals surface area contributed by atoms with Gasteiger partial charge in [0.05, 0.1) is 20.3 Å². The molecule has 1 rings (SSSR count). The first-order chi connectivity index (χ1) is 9.99. The predicted molar refractivity (Wildman–Crippen MR) is 79.8 cm³/mol. The lowest BCUT2D eigenvalue weighted by Gasteiger charge is -2.34. The number of rotatable bonds is 6. The standard InChI is InChI=1S/C15H26N2O4/c1-5-12(15(19)20-4)6-7-17-8-9-21-10-13(17)14(18)16-11(2)3/h6,11,13H,5,7-10H2,1-4H3,(H,16,18). The van der Waals surface area contributed by atoms with Crippen LogP contribution in [-0.4, -0.2) is 62.3 Å². The average Bonchev–Trinajstić information content (AvgIpc) is 2.47. The lowest BCUT2D eigenvalue weighted by molar-refractivity contribution is -0.136. The normalized spacial score (nSPS) is 20.4. The van der Waals surface area contributed by atoms with Gasteiger partial charge in [0.1, 0.15) is 6.04 Å². The van der Waals surface area contributed by atoms with E-state index in [0.29, 0.717) is 38.3 Å². The summed E-state index contributed by atoms with van der Waals surface area (Å²) in [4.78, 5) is 25.8. The van der Waals surface area contributed by atoms with Gasteiger partial charge in [-0.3, -0.25) is 9.69 Å². The van der Waals surface area contributed by atoms with Crippen molar-refractivity contribution in [3.05, 3.63) is 11.6 Å². The van der Waals surface area contributed by atoms with Crippen molar-refractivity contribution in [2.24, 2.45) is 0 Å². The molecule has 120 valence electrons. The highest BCUT2D eigenvalue weighted by atomic mass is 16.5. The summed E-state index contributed by atoms with van der Waals surface area (Å²) in [6, 6.07) is -0.216. The number of nitrogens with one attached hydrogen (secondary N) is 1. The fraction of sp³-hybridized carbons (Fsp3) is 0.733. The fourth-order valence-electron chi connectivity index (χ4n) is 2.21. The van der Waals surface area contributed by atoms with Crippen LogP contribution in [0.2, 0.25) is 0 Å². The summed E-state index contributed by atoms with van der Waals surface area (Å²) in [6.07, 6.45) is 2.45. The molecule has 6 heteroatoms. The maximum Gasteiger partial charge on any atom is 0.333 e. The molecule has 0 spiro atoms. The van der Waals surface area contributed by atoms with Gasteiger partial charge in [0.15, 0.2) is 0 Å². The zero-order valence-corrected chi connectivity index (χ0v) is 13.3. The summed E-state index contributed by atoms with van der Waals surface area (Å²) >= 11 is 0. The molecule has 1 heterocycles. The predicted octanol–water partition coefficient (Wildman–Crippen LogP) is 0.721. The van der Waals surface area contributed by atoms with Crippen LogP contribution in [0.4, 0.5) is 0 Å². The molecule has 1 fully saturated rings. The van der Waals surface area contributed by atoms with E-state index < -0.39 is 0 Å². The first-order valence-electron chi connectivity index (χ1n) is 7.39. The molecule has 1 amide bonds. The first-order valence-corrected chi connectivity index (χ1v) is 7.39. The molecule has 0 bridgehead atoms. The SMILES string of the molecule is CCC(=CCN1CCOCC1C(=O)NC(C)C)C(=O)OC. The maximum atomic E-state index is 12.2. The van der Waals surface area contributed by atoms with Crippen molar-refractivity contribution in [1.29, 1.82) is 0 Å². The average molecular weight is 298 g/mol. The number of methoxy groups -OCH3 is 1. The second kappa shape index (κ2) is 8.79. The summed E-state index contributed by atoms with van der Waals surface area (Å²) in [5.74, 6) is -0.344. The van der Waals surface area contributed by atoms with Crippen molar-refractivity contribution in [2.45, 2.75) is 39.3 Å². The maximum absolute atomic E-state index is 12.2. The molecule has 1 atom stereocenters. The number of carbonyl (C=O) groups excluding carboxylic acids is 2. The van der Waals surface area contributed by atoms with Gasteiger partial charge in [0.25, 0.3) is 0 Å². The van der Waals surface area contributed by atoms with Gasteiger partial charge >= 0.3 is 5.97 Å². The molecule has 1 aliphatic heterocycles. The lowest BCUT2D eigenvalue weighted by atomic mass is 10.1. The summed E-state index contributed by atoms with van der Waals surface area (Å²) in [5, 5.41) is 2.91. The molecule has 1 saturated heterocycles. The Morgan fingerprint density at radius 1 is 1.48 bits per heavy atom. The number of esters is 1. The van der Waals surface area contributed by atoms with Gasteiger partial charge in [-0.15, -0.1) is 0 Å². The number of amides is 1. The van der Waals surface area contributed by atoms with Crippen LogP contribution in [0.3, 0.4) is 0 Å². The van der Waals surface area contributed by atoms with Crippen LogP contribution >= 0.6 is 0 Å². The molecule has 0 aromatic heterocycles. The highest BCUT2D eigenvalue weighted by molar-refractivity contribution is 5.88. The fourth-order valence-corrected chi connectivity index (χ4v) is 2.21. The first kappa shape index (κ1) is 17.7. The Hall–Kier alpha value is -1.40. The van der Waals surface area contributed by atoms with Gasteiger partial charge in [-0.25, -0.2) is 4.79 Å². The molecule has 1 aliphatic rings. The number of ether oxygens (including phenoxy) is 2. The Kier molecular flexibility index (Phi) is 7.39. The monoisotopic (exact) mass is 298 g/mol. The zero-order chi connectivity index (χ0) is 15.8. The summed E-state index contributed by atoms with van der Waals surface area (Å²) in [6.45, 7) is 7.95. The molecule has 1 N–H and O–H groups in total. The second-order valence-electron chi connectivity index (χ2n) is 5.32. The van der Waals surface area contributed by atoms with Crippen LogP contribution in [0.1, 0.15) is 27.2 Å². The third kappa shape index (κ3) is 5.47. The van der Waals surface area contributed by atoms with Gasteiger partial charge < -0.3 is 14.8 Å². The van der Waals surface area contributed by atoms with Gasteiger partial charge in [0.2, 0.25) is 5.91 Å². The summed E-state index contributed by atoms with van der Waals surface area (Å²) < 4.78 is 10.1. The van der Waals surface area contributed by atoms with Gasteiger partial charge in [0, 0.05) is 24.7 Å². The highest BCUT2D eigenvalue weighted by Crippen LogP contribution is 2.10. The number of hydrogen-bond donors (Lipinski definition) is 1. The molecule has 0 aromatic carbocycles. The number of hydrogen-bond acceptors (Lipinski definition) is 5. The van der Waals surface area contributed by atoms with Crippen LogP contribution < -0.4 is 5.32 Å². The van der Waals surface area contributed by atoms with E-state index in [1.165, 1.54) is 7.11 Å². The van der Waals surface area contributed by atoms with E-state index in [9.17, 15) is 9.59 Å². The van der Waals surface area contributed by atoms with E-state index in [0.717, 1.165) is 0 Å².